The van der Waals surface area contributed by atoms with Crippen LogP contribution in [-0.2, 0) is 4.79 Å². The zero-order chi connectivity index (χ0) is 18.4. The second-order valence-electron chi connectivity index (χ2n) is 5.47. The van der Waals surface area contributed by atoms with Gasteiger partial charge in [-0.15, -0.1) is 0 Å². The number of amides is 1. The van der Waals surface area contributed by atoms with Crippen molar-refractivity contribution in [3.63, 3.8) is 0 Å². The molecular weight excluding hydrogens is 361 g/mol. The van der Waals surface area contributed by atoms with Crippen molar-refractivity contribution in [3.05, 3.63) is 52.0 Å². The largest absolute Gasteiger partial charge is 0.507 e. The number of nitrogens with zero attached hydrogens (tertiary/aromatic N) is 1. The highest BCUT2D eigenvalue weighted by Crippen LogP contribution is 2.26. The van der Waals surface area contributed by atoms with Crippen LogP contribution in [0.2, 0.25) is 10.0 Å². The van der Waals surface area contributed by atoms with Crippen LogP contribution in [0.4, 0.5) is 11.4 Å². The average molecular weight is 380 g/mol. The van der Waals surface area contributed by atoms with Crippen molar-refractivity contribution in [1.29, 1.82) is 0 Å². The molecule has 0 aliphatic carbocycles. The van der Waals surface area contributed by atoms with Crippen LogP contribution in [0.1, 0.15) is 32.3 Å². The number of hydrogen-bond acceptors (Lipinski definition) is 4. The van der Waals surface area contributed by atoms with Gasteiger partial charge in [0, 0.05) is 17.7 Å². The molecule has 0 atom stereocenters. The van der Waals surface area contributed by atoms with Crippen LogP contribution in [0, 0.1) is 0 Å². The van der Waals surface area contributed by atoms with Gasteiger partial charge in [0.1, 0.15) is 5.75 Å². The molecule has 7 heteroatoms. The lowest BCUT2D eigenvalue weighted by atomic mass is 10.1. The van der Waals surface area contributed by atoms with Crippen LogP contribution in [0.15, 0.2) is 41.5 Å². The molecule has 0 spiro atoms. The van der Waals surface area contributed by atoms with Crippen LogP contribution in [-0.4, -0.2) is 16.7 Å². The lowest BCUT2D eigenvalue weighted by Gasteiger charge is -2.10. The summed E-state index contributed by atoms with van der Waals surface area (Å²) in [5, 5.41) is 18.0. The number of anilines is 2. The molecule has 0 radical (unpaired) electrons. The number of nitrogens with one attached hydrogen (secondary N) is 2. The lowest BCUT2D eigenvalue weighted by Crippen LogP contribution is -2.11. The van der Waals surface area contributed by atoms with E-state index in [1.807, 2.05) is 6.92 Å². The van der Waals surface area contributed by atoms with Crippen LogP contribution < -0.4 is 10.7 Å². The Balaban J connectivity index is 2.17. The minimum Gasteiger partial charge on any atom is -0.507 e. The van der Waals surface area contributed by atoms with E-state index in [1.165, 1.54) is 6.07 Å². The van der Waals surface area contributed by atoms with Gasteiger partial charge in [0.15, 0.2) is 0 Å². The van der Waals surface area contributed by atoms with E-state index < -0.39 is 0 Å². The Labute approximate surface area is 156 Å². The van der Waals surface area contributed by atoms with Crippen molar-refractivity contribution >= 4 is 46.2 Å². The summed E-state index contributed by atoms with van der Waals surface area (Å²) in [4.78, 5) is 11.7. The molecule has 2 rings (SSSR count). The summed E-state index contributed by atoms with van der Waals surface area (Å²) >= 11 is 11.8. The second kappa shape index (κ2) is 8.74. The molecule has 0 unspecified atom stereocenters. The molecule has 0 fully saturated rings. The van der Waals surface area contributed by atoms with Crippen LogP contribution in [0.25, 0.3) is 0 Å². The smallest absolute Gasteiger partial charge is 0.224 e. The van der Waals surface area contributed by atoms with Gasteiger partial charge < -0.3 is 10.4 Å². The fraction of sp³-hybridized carbons (Fsp3) is 0.222. The third kappa shape index (κ3) is 5.37. The Morgan fingerprint density at radius 2 is 1.84 bits per heavy atom. The first-order valence-electron chi connectivity index (χ1n) is 7.79. The van der Waals surface area contributed by atoms with Crippen molar-refractivity contribution < 1.29 is 9.90 Å². The van der Waals surface area contributed by atoms with Gasteiger partial charge in [-0.2, -0.15) is 5.10 Å². The van der Waals surface area contributed by atoms with Gasteiger partial charge in [0.2, 0.25) is 5.91 Å². The first-order chi connectivity index (χ1) is 11.9. The fourth-order valence-corrected chi connectivity index (χ4v) is 2.43. The Morgan fingerprint density at radius 3 is 2.52 bits per heavy atom. The maximum atomic E-state index is 11.7. The number of carbonyl (C=O) groups excluding carboxylic acids is 1. The summed E-state index contributed by atoms with van der Waals surface area (Å²) in [6.45, 7) is 3.69. The normalized spacial score (nSPS) is 11.3. The van der Waals surface area contributed by atoms with Gasteiger partial charge in [-0.3, -0.25) is 10.2 Å². The molecule has 25 heavy (non-hydrogen) atoms. The quantitative estimate of drug-likeness (QED) is 0.363. The molecule has 0 bridgehead atoms. The first-order valence-corrected chi connectivity index (χ1v) is 8.55. The SMILES string of the molecule is CCCC(=O)Nc1ccc(O)c(/C(C)=N/Nc2ccc(Cl)c(Cl)c2)c1. The van der Waals surface area contributed by atoms with Crippen molar-refractivity contribution in [2.24, 2.45) is 5.10 Å². The molecule has 5 nitrogen and oxygen atoms in total. The van der Waals surface area contributed by atoms with Gasteiger partial charge in [-0.05, 0) is 49.7 Å². The summed E-state index contributed by atoms with van der Waals surface area (Å²) in [5.41, 5.74) is 5.21. The summed E-state index contributed by atoms with van der Waals surface area (Å²) in [6, 6.07) is 9.91. The Morgan fingerprint density at radius 1 is 1.12 bits per heavy atom. The van der Waals surface area contributed by atoms with Gasteiger partial charge in [0.25, 0.3) is 0 Å². The van der Waals surface area contributed by atoms with Crippen molar-refractivity contribution in [3.8, 4) is 5.75 Å². The number of aromatic hydroxyl groups is 1. The zero-order valence-electron chi connectivity index (χ0n) is 13.9. The van der Waals surface area contributed by atoms with Gasteiger partial charge in [0.05, 0.1) is 21.4 Å². The van der Waals surface area contributed by atoms with E-state index in [4.69, 9.17) is 23.2 Å². The Hall–Kier alpha value is -2.24. The molecule has 1 amide bonds. The van der Waals surface area contributed by atoms with Gasteiger partial charge in [-0.25, -0.2) is 0 Å². The second-order valence-corrected chi connectivity index (χ2v) is 6.28. The minimum absolute atomic E-state index is 0.0670. The third-order valence-corrected chi connectivity index (χ3v) is 4.16. The molecule has 2 aromatic carbocycles. The van der Waals surface area contributed by atoms with E-state index in [0.717, 1.165) is 6.42 Å². The predicted octanol–water partition coefficient (Wildman–Crippen LogP) is 5.27. The molecule has 0 heterocycles. The molecule has 0 aliphatic rings. The number of phenols is 1. The minimum atomic E-state index is -0.0670. The topological polar surface area (TPSA) is 73.7 Å². The number of carbonyl (C=O) groups is 1. The molecule has 2 aromatic rings. The highest BCUT2D eigenvalue weighted by molar-refractivity contribution is 6.42. The van der Waals surface area contributed by atoms with Crippen molar-refractivity contribution in [1.82, 2.24) is 0 Å². The number of hydrazone groups is 1. The van der Waals surface area contributed by atoms with Crippen LogP contribution in [0.3, 0.4) is 0 Å². The molecule has 0 aromatic heterocycles. The molecule has 0 saturated carbocycles. The Bertz CT molecular complexity index is 807. The number of phenolic OH excluding ortho intramolecular Hbond substituents is 1. The molecule has 0 aliphatic heterocycles. The standard InChI is InChI=1S/C18H19Cl2N3O2/c1-3-4-18(25)21-12-6-8-17(24)14(9-12)11(2)22-23-13-5-7-15(19)16(20)10-13/h5-10,23-24H,3-4H2,1-2H3,(H,21,25)/b22-11+. The zero-order valence-corrected chi connectivity index (χ0v) is 15.4. The highest BCUT2D eigenvalue weighted by atomic mass is 35.5. The summed E-state index contributed by atoms with van der Waals surface area (Å²) in [5.74, 6) is 0.00772. The summed E-state index contributed by atoms with van der Waals surface area (Å²) < 4.78 is 0. The van der Waals surface area contributed by atoms with Crippen molar-refractivity contribution in [2.45, 2.75) is 26.7 Å². The van der Waals surface area contributed by atoms with E-state index in [-0.39, 0.29) is 11.7 Å². The summed E-state index contributed by atoms with van der Waals surface area (Å²) in [7, 11) is 0. The molecule has 132 valence electrons. The number of hydrogen-bond donors (Lipinski definition) is 3. The number of rotatable bonds is 6. The average Bonchev–Trinajstić information content (AvgIpc) is 2.57. The maximum Gasteiger partial charge on any atom is 0.224 e. The Kier molecular flexibility index (Phi) is 6.67. The maximum absolute atomic E-state index is 11.7. The van der Waals surface area contributed by atoms with Gasteiger partial charge >= 0.3 is 0 Å². The third-order valence-electron chi connectivity index (χ3n) is 3.42. The van der Waals surface area contributed by atoms with Crippen LogP contribution in [0.5, 0.6) is 5.75 Å². The van der Waals surface area contributed by atoms with Gasteiger partial charge in [-0.1, -0.05) is 30.1 Å². The number of benzene rings is 2. The predicted molar refractivity (Wildman–Crippen MR) is 104 cm³/mol. The highest BCUT2D eigenvalue weighted by Gasteiger charge is 2.08. The lowest BCUT2D eigenvalue weighted by molar-refractivity contribution is -0.116. The first kappa shape index (κ1) is 19.1. The monoisotopic (exact) mass is 379 g/mol. The molecule has 0 saturated heterocycles. The number of halogens is 2. The van der Waals surface area contributed by atoms with E-state index in [0.29, 0.717) is 39.1 Å². The van der Waals surface area contributed by atoms with Crippen molar-refractivity contribution in [2.75, 3.05) is 10.7 Å². The molecular formula is C18H19Cl2N3O2. The van der Waals surface area contributed by atoms with Crippen LogP contribution >= 0.6 is 23.2 Å². The van der Waals surface area contributed by atoms with E-state index >= 15 is 0 Å². The summed E-state index contributed by atoms with van der Waals surface area (Å²) in [6.07, 6.45) is 1.22. The van der Waals surface area contributed by atoms with E-state index in [9.17, 15) is 9.90 Å². The fourth-order valence-electron chi connectivity index (χ4n) is 2.13. The van der Waals surface area contributed by atoms with E-state index in [2.05, 4.69) is 15.8 Å². The van der Waals surface area contributed by atoms with E-state index in [1.54, 1.807) is 37.3 Å². The molecule has 3 N–H and O–H groups in total.